The molecule has 2 atom stereocenters. The van der Waals surface area contributed by atoms with Crippen molar-refractivity contribution in [2.45, 2.75) is 32.1 Å². The molecular formula is C26H32N6O2. The molecule has 0 spiro atoms. The number of amides is 3. The summed E-state index contributed by atoms with van der Waals surface area (Å²) in [6.45, 7) is 7.27. The fraction of sp³-hybridized carbons (Fsp3) is 0.423. The number of guanidine groups is 1. The van der Waals surface area contributed by atoms with E-state index in [1.54, 1.807) is 11.9 Å². The van der Waals surface area contributed by atoms with Crippen LogP contribution in [0, 0.1) is 6.92 Å². The number of nitrogens with one attached hydrogen (secondary N) is 1. The fourth-order valence-electron chi connectivity index (χ4n) is 5.02. The minimum absolute atomic E-state index is 0.276. The van der Waals surface area contributed by atoms with E-state index in [0.717, 1.165) is 50.7 Å². The molecule has 0 aromatic heterocycles. The lowest BCUT2D eigenvalue weighted by atomic mass is 10.1. The second-order valence-electron chi connectivity index (χ2n) is 9.31. The normalized spacial score (nSPS) is 23.1. The molecule has 178 valence electrons. The van der Waals surface area contributed by atoms with Gasteiger partial charge in [0.1, 0.15) is 0 Å². The Hall–Kier alpha value is -3.39. The van der Waals surface area contributed by atoms with Crippen LogP contribution in [0.15, 0.2) is 59.6 Å². The van der Waals surface area contributed by atoms with E-state index in [9.17, 15) is 9.59 Å². The highest BCUT2D eigenvalue weighted by Gasteiger charge is 2.49. The molecule has 3 aliphatic rings. The first-order valence-corrected chi connectivity index (χ1v) is 12.0. The van der Waals surface area contributed by atoms with Crippen LogP contribution in [-0.2, 0) is 17.8 Å². The number of fused-ring (bicyclic) bond motifs is 1. The molecule has 2 unspecified atom stereocenters. The van der Waals surface area contributed by atoms with Crippen molar-refractivity contribution < 1.29 is 9.59 Å². The number of imide groups is 1. The lowest BCUT2D eigenvalue weighted by Gasteiger charge is -2.40. The van der Waals surface area contributed by atoms with Gasteiger partial charge in [-0.05, 0) is 30.0 Å². The van der Waals surface area contributed by atoms with E-state index in [2.05, 4.69) is 69.4 Å². The maximum Gasteiger partial charge on any atom is 0.325 e. The molecule has 2 saturated heterocycles. The number of nitrogens with zero attached hydrogens (tertiary/aromatic N) is 5. The zero-order valence-electron chi connectivity index (χ0n) is 19.9. The summed E-state index contributed by atoms with van der Waals surface area (Å²) in [5, 5.41) is 2.50. The van der Waals surface area contributed by atoms with Crippen molar-refractivity contribution in [2.75, 3.05) is 39.8 Å². The molecule has 2 fully saturated rings. The lowest BCUT2D eigenvalue weighted by molar-refractivity contribution is -0.127. The average molecular weight is 461 g/mol. The van der Waals surface area contributed by atoms with Crippen molar-refractivity contribution in [3.63, 3.8) is 0 Å². The van der Waals surface area contributed by atoms with Crippen LogP contribution in [0.1, 0.15) is 16.7 Å². The summed E-state index contributed by atoms with van der Waals surface area (Å²) in [5.41, 5.74) is 3.69. The Kier molecular flexibility index (Phi) is 6.24. The first kappa shape index (κ1) is 22.4. The molecule has 5 rings (SSSR count). The van der Waals surface area contributed by atoms with Gasteiger partial charge in [0, 0.05) is 46.3 Å². The van der Waals surface area contributed by atoms with E-state index in [0.29, 0.717) is 6.54 Å². The van der Waals surface area contributed by atoms with Crippen LogP contribution in [-0.4, -0.2) is 89.5 Å². The monoisotopic (exact) mass is 460 g/mol. The molecular weight excluding hydrogens is 428 g/mol. The van der Waals surface area contributed by atoms with Crippen LogP contribution in [0.4, 0.5) is 4.79 Å². The molecule has 3 heterocycles. The molecule has 1 N–H and O–H groups in total. The number of carbonyl (C=O) groups is 2. The van der Waals surface area contributed by atoms with Gasteiger partial charge >= 0.3 is 6.03 Å². The number of urea groups is 1. The minimum atomic E-state index is -0.520. The average Bonchev–Trinajstić information content (AvgIpc) is 3.23. The van der Waals surface area contributed by atoms with Crippen LogP contribution >= 0.6 is 0 Å². The standard InChI is InChI=1S/C26H32N6O2/c1-19-8-6-7-11-21(19)18-32-22-23(29(2)26(34)28-24(22)33)27-25(32)31-16-14-30(15-17-31)13-12-20-9-4-3-5-10-20/h3-11,22-23H,12-18H2,1-2H3,(H,28,33,34). The van der Waals surface area contributed by atoms with Gasteiger partial charge in [-0.25, -0.2) is 9.79 Å². The Balaban J connectivity index is 1.32. The summed E-state index contributed by atoms with van der Waals surface area (Å²) < 4.78 is 0. The largest absolute Gasteiger partial charge is 0.340 e. The van der Waals surface area contributed by atoms with Crippen molar-refractivity contribution in [1.82, 2.24) is 24.9 Å². The van der Waals surface area contributed by atoms with Crippen LogP contribution in [0.3, 0.4) is 0 Å². The third-order valence-electron chi connectivity index (χ3n) is 7.16. The summed E-state index contributed by atoms with van der Waals surface area (Å²) >= 11 is 0. The first-order valence-electron chi connectivity index (χ1n) is 12.0. The zero-order valence-corrected chi connectivity index (χ0v) is 19.9. The van der Waals surface area contributed by atoms with Gasteiger partial charge in [-0.3, -0.25) is 15.0 Å². The van der Waals surface area contributed by atoms with Crippen molar-refractivity contribution in [3.8, 4) is 0 Å². The molecule has 2 aromatic rings. The summed E-state index contributed by atoms with van der Waals surface area (Å²) in [6.07, 6.45) is 0.537. The highest BCUT2D eigenvalue weighted by Crippen LogP contribution is 2.28. The Morgan fingerprint density at radius 1 is 0.971 bits per heavy atom. The molecule has 3 amide bonds. The fourth-order valence-corrected chi connectivity index (χ4v) is 5.02. The van der Waals surface area contributed by atoms with E-state index >= 15 is 0 Å². The Morgan fingerprint density at radius 2 is 1.68 bits per heavy atom. The number of benzene rings is 2. The lowest BCUT2D eigenvalue weighted by Crippen LogP contribution is -2.64. The van der Waals surface area contributed by atoms with Gasteiger partial charge in [-0.15, -0.1) is 0 Å². The molecule has 0 saturated carbocycles. The van der Waals surface area contributed by atoms with Crippen LogP contribution in [0.2, 0.25) is 0 Å². The topological polar surface area (TPSA) is 71.5 Å². The number of aryl methyl sites for hydroxylation is 1. The SMILES string of the molecule is Cc1ccccc1CN1C(N2CCN(CCc3ccccc3)CC2)=NC2C1C(=O)NC(=O)N2C. The predicted octanol–water partition coefficient (Wildman–Crippen LogP) is 1.90. The van der Waals surface area contributed by atoms with E-state index in [1.165, 1.54) is 11.1 Å². The van der Waals surface area contributed by atoms with Crippen LogP contribution in [0.25, 0.3) is 0 Å². The number of piperazine rings is 1. The Labute approximate surface area is 200 Å². The van der Waals surface area contributed by atoms with Crippen molar-refractivity contribution in [1.29, 1.82) is 0 Å². The smallest absolute Gasteiger partial charge is 0.325 e. The molecule has 8 nitrogen and oxygen atoms in total. The van der Waals surface area contributed by atoms with Gasteiger partial charge in [-0.2, -0.15) is 0 Å². The molecule has 34 heavy (non-hydrogen) atoms. The van der Waals surface area contributed by atoms with Crippen LogP contribution in [0.5, 0.6) is 0 Å². The van der Waals surface area contributed by atoms with Gasteiger partial charge in [0.25, 0.3) is 5.91 Å². The number of likely N-dealkylation sites (N-methyl/N-ethyl adjacent to an activating group) is 1. The van der Waals surface area contributed by atoms with Gasteiger partial charge in [0.15, 0.2) is 18.2 Å². The predicted molar refractivity (Wildman–Crippen MR) is 131 cm³/mol. The number of carbonyl (C=O) groups excluding carboxylic acids is 2. The Bertz CT molecular complexity index is 1080. The second-order valence-corrected chi connectivity index (χ2v) is 9.31. The van der Waals surface area contributed by atoms with Crippen molar-refractivity contribution in [3.05, 3.63) is 71.3 Å². The van der Waals surface area contributed by atoms with E-state index in [-0.39, 0.29) is 5.91 Å². The summed E-state index contributed by atoms with van der Waals surface area (Å²) in [7, 11) is 1.71. The third-order valence-corrected chi connectivity index (χ3v) is 7.16. The maximum atomic E-state index is 12.9. The number of rotatable bonds is 5. The summed E-state index contributed by atoms with van der Waals surface area (Å²) in [4.78, 5) is 38.5. The number of hydrogen-bond donors (Lipinski definition) is 1. The summed E-state index contributed by atoms with van der Waals surface area (Å²) in [5.74, 6) is 0.541. The molecule has 0 aliphatic carbocycles. The van der Waals surface area contributed by atoms with Gasteiger partial charge < -0.3 is 14.7 Å². The highest BCUT2D eigenvalue weighted by molar-refractivity contribution is 6.03. The maximum absolute atomic E-state index is 12.9. The van der Waals surface area contributed by atoms with Crippen molar-refractivity contribution >= 4 is 17.9 Å². The van der Waals surface area contributed by atoms with E-state index in [1.807, 2.05) is 12.1 Å². The summed E-state index contributed by atoms with van der Waals surface area (Å²) in [6, 6.07) is 17.9. The Morgan fingerprint density at radius 3 is 2.41 bits per heavy atom. The van der Waals surface area contributed by atoms with Crippen molar-refractivity contribution in [2.24, 2.45) is 4.99 Å². The molecule has 3 aliphatic heterocycles. The van der Waals surface area contributed by atoms with E-state index in [4.69, 9.17) is 4.99 Å². The molecule has 0 radical (unpaired) electrons. The van der Waals surface area contributed by atoms with E-state index < -0.39 is 18.2 Å². The van der Waals surface area contributed by atoms with Gasteiger partial charge in [0.05, 0.1) is 0 Å². The number of aliphatic imine (C=N–C) groups is 1. The van der Waals surface area contributed by atoms with Crippen LogP contribution < -0.4 is 5.32 Å². The molecule has 2 aromatic carbocycles. The minimum Gasteiger partial charge on any atom is -0.340 e. The molecule has 0 bridgehead atoms. The first-order chi connectivity index (χ1) is 16.5. The van der Waals surface area contributed by atoms with Gasteiger partial charge in [0.2, 0.25) is 0 Å². The third kappa shape index (κ3) is 4.37. The zero-order chi connectivity index (χ0) is 23.7. The van der Waals surface area contributed by atoms with Gasteiger partial charge in [-0.1, -0.05) is 54.6 Å². The molecule has 8 heteroatoms. The quantitative estimate of drug-likeness (QED) is 0.738. The second kappa shape index (κ2) is 9.46. The highest BCUT2D eigenvalue weighted by atomic mass is 16.2. The number of hydrogen-bond acceptors (Lipinski definition) is 6.